The first kappa shape index (κ1) is 19.7. The van der Waals surface area contributed by atoms with Crippen LogP contribution < -0.4 is 0 Å². The molecular formula is C21H27O3P. The van der Waals surface area contributed by atoms with Gasteiger partial charge in [-0.05, 0) is 50.0 Å². The lowest BCUT2D eigenvalue weighted by Crippen LogP contribution is -2.10. The summed E-state index contributed by atoms with van der Waals surface area (Å²) >= 11 is 0. The summed E-state index contributed by atoms with van der Waals surface area (Å²) in [5, 5.41) is 0. The zero-order valence-corrected chi connectivity index (χ0v) is 16.3. The van der Waals surface area contributed by atoms with Gasteiger partial charge >= 0.3 is 7.60 Å². The molecule has 0 spiro atoms. The first-order valence-corrected chi connectivity index (χ1v) is 10.3. The van der Waals surface area contributed by atoms with Crippen LogP contribution in [0.2, 0.25) is 0 Å². The molecule has 0 saturated carbocycles. The highest BCUT2D eigenvalue weighted by Crippen LogP contribution is 2.65. The Balaban J connectivity index is 2.68. The molecule has 1 unspecified atom stereocenters. The van der Waals surface area contributed by atoms with Crippen LogP contribution in [-0.2, 0) is 13.6 Å². The van der Waals surface area contributed by atoms with Crippen LogP contribution in [0.4, 0.5) is 0 Å². The molecule has 0 fully saturated rings. The first-order chi connectivity index (χ1) is 12.1. The molecule has 1 atom stereocenters. The third-order valence-corrected chi connectivity index (χ3v) is 6.56. The minimum absolute atomic E-state index is 0.339. The Hall–Kier alpha value is -1.67. The Bertz CT molecular complexity index is 743. The molecule has 0 amide bonds. The van der Waals surface area contributed by atoms with Crippen LogP contribution in [0.5, 0.6) is 0 Å². The topological polar surface area (TPSA) is 35.5 Å². The van der Waals surface area contributed by atoms with Gasteiger partial charge in [-0.1, -0.05) is 60.7 Å². The van der Waals surface area contributed by atoms with Crippen molar-refractivity contribution >= 4 is 13.2 Å². The lowest BCUT2D eigenvalue weighted by Gasteiger charge is -2.30. The van der Waals surface area contributed by atoms with Crippen molar-refractivity contribution in [1.82, 2.24) is 0 Å². The molecule has 0 radical (unpaired) electrons. The minimum atomic E-state index is -3.38. The SMILES string of the molecule is C/C=C(\c1ccccc1)C(c1ccccc1C)P(=O)(OCC)OCC. The average Bonchev–Trinajstić information content (AvgIpc) is 2.61. The van der Waals surface area contributed by atoms with Crippen LogP contribution in [0.3, 0.4) is 0 Å². The molecule has 0 N–H and O–H groups in total. The maximum atomic E-state index is 13.8. The smallest absolute Gasteiger partial charge is 0.308 e. The predicted octanol–water partition coefficient (Wildman–Crippen LogP) is 6.41. The number of aryl methyl sites for hydroxylation is 1. The van der Waals surface area contributed by atoms with Crippen molar-refractivity contribution in [3.8, 4) is 0 Å². The zero-order chi connectivity index (χ0) is 18.3. The summed E-state index contributed by atoms with van der Waals surface area (Å²) in [6.07, 6.45) is 2.01. The van der Waals surface area contributed by atoms with E-state index in [0.29, 0.717) is 13.2 Å². The molecule has 0 saturated heterocycles. The molecule has 0 bridgehead atoms. The van der Waals surface area contributed by atoms with Crippen molar-refractivity contribution in [2.75, 3.05) is 13.2 Å². The second-order valence-electron chi connectivity index (χ2n) is 5.74. The Morgan fingerprint density at radius 1 is 1.00 bits per heavy atom. The van der Waals surface area contributed by atoms with E-state index >= 15 is 0 Å². The number of hydrogen-bond donors (Lipinski definition) is 0. The van der Waals surface area contributed by atoms with E-state index in [0.717, 1.165) is 22.3 Å². The van der Waals surface area contributed by atoms with Gasteiger partial charge in [-0.25, -0.2) is 0 Å². The molecule has 3 nitrogen and oxygen atoms in total. The summed E-state index contributed by atoms with van der Waals surface area (Å²) in [5.41, 5.74) is 3.58. The van der Waals surface area contributed by atoms with Crippen molar-refractivity contribution in [3.63, 3.8) is 0 Å². The summed E-state index contributed by atoms with van der Waals surface area (Å²) in [6.45, 7) is 8.37. The highest BCUT2D eigenvalue weighted by Gasteiger charge is 2.40. The van der Waals surface area contributed by atoms with Gasteiger partial charge in [0.05, 0.1) is 13.2 Å². The molecule has 25 heavy (non-hydrogen) atoms. The van der Waals surface area contributed by atoms with E-state index in [1.165, 1.54) is 0 Å². The van der Waals surface area contributed by atoms with Crippen molar-refractivity contribution < 1.29 is 13.6 Å². The minimum Gasteiger partial charge on any atom is -0.308 e. The normalized spacial score (nSPS) is 13.7. The average molecular weight is 358 g/mol. The van der Waals surface area contributed by atoms with Gasteiger partial charge in [0.2, 0.25) is 0 Å². The summed E-state index contributed by atoms with van der Waals surface area (Å²) in [6, 6.07) is 18.0. The molecule has 134 valence electrons. The fourth-order valence-electron chi connectivity index (χ4n) is 3.06. The summed E-state index contributed by atoms with van der Waals surface area (Å²) < 4.78 is 25.2. The largest absolute Gasteiger partial charge is 0.342 e. The third kappa shape index (κ3) is 4.49. The molecule has 2 rings (SSSR count). The predicted molar refractivity (Wildman–Crippen MR) is 105 cm³/mol. The lowest BCUT2D eigenvalue weighted by atomic mass is 9.95. The van der Waals surface area contributed by atoms with Gasteiger partial charge in [0, 0.05) is 0 Å². The highest BCUT2D eigenvalue weighted by molar-refractivity contribution is 7.55. The lowest BCUT2D eigenvalue weighted by molar-refractivity contribution is 0.216. The first-order valence-electron chi connectivity index (χ1n) is 8.73. The zero-order valence-electron chi connectivity index (χ0n) is 15.4. The van der Waals surface area contributed by atoms with Crippen molar-refractivity contribution in [2.45, 2.75) is 33.4 Å². The highest BCUT2D eigenvalue weighted by atomic mass is 31.2. The summed E-state index contributed by atoms with van der Waals surface area (Å²) in [4.78, 5) is 0. The van der Waals surface area contributed by atoms with Crippen molar-refractivity contribution in [1.29, 1.82) is 0 Å². The van der Waals surface area contributed by atoms with Gasteiger partial charge in [-0.15, -0.1) is 0 Å². The maximum Gasteiger partial charge on any atom is 0.342 e. The van der Waals surface area contributed by atoms with Gasteiger partial charge in [-0.3, -0.25) is 4.57 Å². The van der Waals surface area contributed by atoms with E-state index in [1.807, 2.05) is 88.4 Å². The van der Waals surface area contributed by atoms with Crippen LogP contribution in [0.1, 0.15) is 43.1 Å². The van der Waals surface area contributed by atoms with Gasteiger partial charge in [-0.2, -0.15) is 0 Å². The number of hydrogen-bond acceptors (Lipinski definition) is 3. The van der Waals surface area contributed by atoms with Gasteiger partial charge < -0.3 is 9.05 Å². The van der Waals surface area contributed by atoms with E-state index in [-0.39, 0.29) is 0 Å². The van der Waals surface area contributed by atoms with E-state index in [2.05, 4.69) is 0 Å². The monoisotopic (exact) mass is 358 g/mol. The van der Waals surface area contributed by atoms with Crippen molar-refractivity contribution in [2.24, 2.45) is 0 Å². The van der Waals surface area contributed by atoms with Crippen LogP contribution in [0.15, 0.2) is 60.7 Å². The van der Waals surface area contributed by atoms with Crippen LogP contribution >= 0.6 is 7.60 Å². The second-order valence-corrected chi connectivity index (χ2v) is 7.86. The third-order valence-electron chi connectivity index (χ3n) is 4.13. The molecule has 2 aromatic rings. The van der Waals surface area contributed by atoms with Gasteiger partial charge in [0.1, 0.15) is 5.66 Å². The molecule has 0 heterocycles. The van der Waals surface area contributed by atoms with E-state index in [1.54, 1.807) is 0 Å². The van der Waals surface area contributed by atoms with Crippen LogP contribution in [0.25, 0.3) is 5.57 Å². The Labute approximate surface area is 151 Å². The molecule has 0 aliphatic carbocycles. The summed E-state index contributed by atoms with van der Waals surface area (Å²) in [7, 11) is -3.38. The van der Waals surface area contributed by atoms with E-state index in [4.69, 9.17) is 9.05 Å². The molecule has 0 aliphatic rings. The number of rotatable bonds is 8. The van der Waals surface area contributed by atoms with E-state index < -0.39 is 13.3 Å². The van der Waals surface area contributed by atoms with Crippen LogP contribution in [0, 0.1) is 6.92 Å². The van der Waals surface area contributed by atoms with Gasteiger partial charge in [0.15, 0.2) is 0 Å². The second kappa shape index (κ2) is 9.15. The molecule has 0 aliphatic heterocycles. The fourth-order valence-corrected chi connectivity index (χ4v) is 5.42. The molecular weight excluding hydrogens is 331 g/mol. The summed E-state index contributed by atoms with van der Waals surface area (Å²) in [5.74, 6) is 0. The fraction of sp³-hybridized carbons (Fsp3) is 0.333. The van der Waals surface area contributed by atoms with Crippen molar-refractivity contribution in [3.05, 3.63) is 77.4 Å². The number of benzene rings is 2. The molecule has 0 aromatic heterocycles. The standard InChI is InChI=1S/C21H27O3P/c1-5-19(18-14-9-8-10-15-18)21(20-16-12-11-13-17(20)4)25(22,23-6-2)24-7-3/h5,8-16,21H,6-7H2,1-4H3/b19-5+. The Kier molecular flexibility index (Phi) is 7.19. The molecule has 4 heteroatoms. The van der Waals surface area contributed by atoms with Gasteiger partial charge in [0.25, 0.3) is 0 Å². The quantitative estimate of drug-likeness (QED) is 0.512. The van der Waals surface area contributed by atoms with Crippen LogP contribution in [-0.4, -0.2) is 13.2 Å². The Morgan fingerprint density at radius 3 is 2.08 bits per heavy atom. The number of allylic oxidation sites excluding steroid dienone is 2. The maximum absolute atomic E-state index is 13.8. The van der Waals surface area contributed by atoms with E-state index in [9.17, 15) is 4.57 Å². The molecule has 2 aromatic carbocycles. The Morgan fingerprint density at radius 2 is 1.56 bits per heavy atom.